The Labute approximate surface area is 121 Å². The molecule has 0 fully saturated rings. The highest BCUT2D eigenvalue weighted by Gasteiger charge is 2.07. The molecule has 3 heteroatoms. The summed E-state index contributed by atoms with van der Waals surface area (Å²) < 4.78 is 5.34. The lowest BCUT2D eigenvalue weighted by molar-refractivity contribution is 0.529. The number of anilines is 1. The number of nitrogens with two attached hydrogens (primary N) is 1. The van der Waals surface area contributed by atoms with Gasteiger partial charge in [-0.05, 0) is 43.5 Å². The van der Waals surface area contributed by atoms with Gasteiger partial charge in [0, 0.05) is 30.9 Å². The Morgan fingerprint density at radius 2 is 1.90 bits per heavy atom. The zero-order chi connectivity index (χ0) is 14.5. The van der Waals surface area contributed by atoms with Gasteiger partial charge >= 0.3 is 0 Å². The molecule has 2 aromatic rings. The SMILES string of the molecule is CCC(N)Cc1ccc(N(C)Cc2ccoc2C)cc1. The van der Waals surface area contributed by atoms with Crippen LogP contribution in [0.1, 0.15) is 30.2 Å². The van der Waals surface area contributed by atoms with Crippen molar-refractivity contribution < 1.29 is 4.42 Å². The summed E-state index contributed by atoms with van der Waals surface area (Å²) in [7, 11) is 2.10. The maximum Gasteiger partial charge on any atom is 0.105 e. The highest BCUT2D eigenvalue weighted by molar-refractivity contribution is 5.47. The zero-order valence-electron chi connectivity index (χ0n) is 12.6. The fourth-order valence-electron chi connectivity index (χ4n) is 2.26. The van der Waals surface area contributed by atoms with Crippen molar-refractivity contribution in [3.63, 3.8) is 0 Å². The summed E-state index contributed by atoms with van der Waals surface area (Å²) in [5, 5.41) is 0. The number of aryl methyl sites for hydroxylation is 1. The Morgan fingerprint density at radius 1 is 1.20 bits per heavy atom. The number of hydrogen-bond acceptors (Lipinski definition) is 3. The lowest BCUT2D eigenvalue weighted by atomic mass is 10.0. The van der Waals surface area contributed by atoms with Crippen LogP contribution in [0.3, 0.4) is 0 Å². The topological polar surface area (TPSA) is 42.4 Å². The maximum atomic E-state index is 5.99. The Morgan fingerprint density at radius 3 is 2.45 bits per heavy atom. The summed E-state index contributed by atoms with van der Waals surface area (Å²) in [6.45, 7) is 4.98. The first-order chi connectivity index (χ1) is 9.60. The van der Waals surface area contributed by atoms with Gasteiger partial charge in [-0.15, -0.1) is 0 Å². The van der Waals surface area contributed by atoms with Crippen LogP contribution in [0.5, 0.6) is 0 Å². The van der Waals surface area contributed by atoms with Crippen LogP contribution < -0.4 is 10.6 Å². The van der Waals surface area contributed by atoms with Crippen LogP contribution in [0.2, 0.25) is 0 Å². The maximum absolute atomic E-state index is 5.99. The second-order valence-electron chi connectivity index (χ2n) is 5.40. The molecule has 0 aliphatic heterocycles. The van der Waals surface area contributed by atoms with Crippen molar-refractivity contribution in [2.24, 2.45) is 5.73 Å². The summed E-state index contributed by atoms with van der Waals surface area (Å²) in [4.78, 5) is 2.22. The molecule has 1 atom stereocenters. The van der Waals surface area contributed by atoms with Gasteiger partial charge in [-0.3, -0.25) is 0 Å². The van der Waals surface area contributed by atoms with Gasteiger partial charge in [0.05, 0.1) is 6.26 Å². The van der Waals surface area contributed by atoms with Crippen molar-refractivity contribution >= 4 is 5.69 Å². The molecular weight excluding hydrogens is 248 g/mol. The Hall–Kier alpha value is -1.74. The van der Waals surface area contributed by atoms with E-state index in [-0.39, 0.29) is 6.04 Å². The second-order valence-corrected chi connectivity index (χ2v) is 5.40. The third kappa shape index (κ3) is 3.64. The number of furan rings is 1. The van der Waals surface area contributed by atoms with E-state index in [4.69, 9.17) is 10.2 Å². The van der Waals surface area contributed by atoms with E-state index in [0.717, 1.165) is 25.1 Å². The minimum absolute atomic E-state index is 0.257. The van der Waals surface area contributed by atoms with Crippen LogP contribution in [-0.4, -0.2) is 13.1 Å². The number of nitrogens with zero attached hydrogens (tertiary/aromatic N) is 1. The van der Waals surface area contributed by atoms with Crippen molar-refractivity contribution in [1.29, 1.82) is 0 Å². The Bertz CT molecular complexity index is 530. The molecule has 0 saturated heterocycles. The number of rotatable bonds is 6. The predicted octanol–water partition coefficient (Wildman–Crippen LogP) is 3.50. The van der Waals surface area contributed by atoms with E-state index < -0.39 is 0 Å². The molecule has 3 nitrogen and oxygen atoms in total. The molecule has 0 amide bonds. The molecule has 2 rings (SSSR count). The van der Waals surface area contributed by atoms with Crippen molar-refractivity contribution in [1.82, 2.24) is 0 Å². The highest BCUT2D eigenvalue weighted by Crippen LogP contribution is 2.19. The Kier molecular flexibility index (Phi) is 4.85. The van der Waals surface area contributed by atoms with Crippen LogP contribution in [0.4, 0.5) is 5.69 Å². The minimum Gasteiger partial charge on any atom is -0.469 e. The second kappa shape index (κ2) is 6.62. The molecule has 1 heterocycles. The summed E-state index contributed by atoms with van der Waals surface area (Å²) in [5.74, 6) is 0.988. The molecule has 1 aromatic carbocycles. The largest absolute Gasteiger partial charge is 0.469 e. The van der Waals surface area contributed by atoms with Crippen LogP contribution in [0.15, 0.2) is 41.0 Å². The van der Waals surface area contributed by atoms with Gasteiger partial charge < -0.3 is 15.1 Å². The van der Waals surface area contributed by atoms with E-state index in [1.54, 1.807) is 6.26 Å². The van der Waals surface area contributed by atoms with Gasteiger partial charge in [0.2, 0.25) is 0 Å². The van der Waals surface area contributed by atoms with Crippen LogP contribution in [0, 0.1) is 6.92 Å². The number of benzene rings is 1. The molecule has 0 radical (unpaired) electrons. The molecular formula is C17H24N2O. The van der Waals surface area contributed by atoms with Gasteiger partial charge in [0.25, 0.3) is 0 Å². The predicted molar refractivity (Wildman–Crippen MR) is 84.0 cm³/mol. The first kappa shape index (κ1) is 14.7. The smallest absolute Gasteiger partial charge is 0.105 e. The molecule has 0 saturated carbocycles. The molecule has 20 heavy (non-hydrogen) atoms. The quantitative estimate of drug-likeness (QED) is 0.875. The van der Waals surface area contributed by atoms with E-state index in [0.29, 0.717) is 0 Å². The lowest BCUT2D eigenvalue weighted by Gasteiger charge is -2.19. The third-order valence-electron chi connectivity index (χ3n) is 3.77. The molecule has 1 aromatic heterocycles. The molecule has 1 unspecified atom stereocenters. The first-order valence-electron chi connectivity index (χ1n) is 7.18. The van der Waals surface area contributed by atoms with E-state index >= 15 is 0 Å². The van der Waals surface area contributed by atoms with Crippen molar-refractivity contribution in [2.45, 2.75) is 39.3 Å². The summed E-state index contributed by atoms with van der Waals surface area (Å²) in [6, 6.07) is 10.9. The first-order valence-corrected chi connectivity index (χ1v) is 7.18. The molecule has 2 N–H and O–H groups in total. The van der Waals surface area contributed by atoms with E-state index in [1.807, 2.05) is 13.0 Å². The van der Waals surface area contributed by atoms with Crippen LogP contribution in [-0.2, 0) is 13.0 Å². The third-order valence-corrected chi connectivity index (χ3v) is 3.77. The van der Waals surface area contributed by atoms with Crippen molar-refractivity contribution in [2.75, 3.05) is 11.9 Å². The van der Waals surface area contributed by atoms with Crippen LogP contribution in [0.25, 0.3) is 0 Å². The summed E-state index contributed by atoms with van der Waals surface area (Å²) in [5.41, 5.74) is 9.73. The zero-order valence-corrected chi connectivity index (χ0v) is 12.6. The molecule has 0 spiro atoms. The van der Waals surface area contributed by atoms with E-state index in [9.17, 15) is 0 Å². The average Bonchev–Trinajstić information content (AvgIpc) is 2.85. The van der Waals surface area contributed by atoms with Gasteiger partial charge in [-0.25, -0.2) is 0 Å². The molecule has 0 bridgehead atoms. The van der Waals surface area contributed by atoms with Gasteiger partial charge in [-0.2, -0.15) is 0 Å². The molecule has 0 aliphatic carbocycles. The molecule has 108 valence electrons. The van der Waals surface area contributed by atoms with Gasteiger partial charge in [0.15, 0.2) is 0 Å². The number of hydrogen-bond donors (Lipinski definition) is 1. The van der Waals surface area contributed by atoms with Crippen LogP contribution >= 0.6 is 0 Å². The lowest BCUT2D eigenvalue weighted by Crippen LogP contribution is -2.21. The summed E-state index contributed by atoms with van der Waals surface area (Å²) in [6.07, 6.45) is 3.70. The standard InChI is InChI=1S/C17H24N2O/c1-4-16(18)11-14-5-7-17(8-6-14)19(3)12-15-9-10-20-13(15)2/h5-10,16H,4,11-12,18H2,1-3H3. The van der Waals surface area contributed by atoms with Crippen molar-refractivity contribution in [3.8, 4) is 0 Å². The minimum atomic E-state index is 0.257. The normalized spacial score (nSPS) is 12.4. The highest BCUT2D eigenvalue weighted by atomic mass is 16.3. The Balaban J connectivity index is 2.00. The fourth-order valence-corrected chi connectivity index (χ4v) is 2.26. The van der Waals surface area contributed by atoms with Gasteiger partial charge in [0.1, 0.15) is 5.76 Å². The fraction of sp³-hybridized carbons (Fsp3) is 0.412. The van der Waals surface area contributed by atoms with Crippen molar-refractivity contribution in [3.05, 3.63) is 53.5 Å². The van der Waals surface area contributed by atoms with E-state index in [1.165, 1.54) is 16.8 Å². The monoisotopic (exact) mass is 272 g/mol. The average molecular weight is 272 g/mol. The van der Waals surface area contributed by atoms with E-state index in [2.05, 4.69) is 43.1 Å². The van der Waals surface area contributed by atoms with Gasteiger partial charge in [-0.1, -0.05) is 19.1 Å². The molecule has 0 aliphatic rings. The summed E-state index contributed by atoms with van der Waals surface area (Å²) >= 11 is 0.